The van der Waals surface area contributed by atoms with E-state index < -0.39 is 48.7 Å². The first-order valence-electron chi connectivity index (χ1n) is 11.6. The van der Waals surface area contributed by atoms with Crippen LogP contribution in [0, 0.1) is 16.2 Å². The lowest BCUT2D eigenvalue weighted by Gasteiger charge is -2.32. The van der Waals surface area contributed by atoms with Crippen molar-refractivity contribution in [3.05, 3.63) is 0 Å². The Morgan fingerprint density at radius 1 is 0.514 bits per heavy atom. The van der Waals surface area contributed by atoms with Crippen LogP contribution in [0.1, 0.15) is 74.1 Å². The van der Waals surface area contributed by atoms with Crippen LogP contribution in [0.3, 0.4) is 0 Å². The molecule has 0 rings (SSSR count). The largest absolute Gasteiger partial charge is 0.472 e. The van der Waals surface area contributed by atoms with Gasteiger partial charge in [0, 0.05) is 12.5 Å². The van der Waals surface area contributed by atoms with Gasteiger partial charge in [-0.2, -0.15) is 0 Å². The number of hydrogen-bond acceptors (Lipinski definition) is 9. The fourth-order valence-corrected chi connectivity index (χ4v) is 4.98. The van der Waals surface area contributed by atoms with Crippen LogP contribution in [0.25, 0.3) is 0 Å². The molecule has 0 aliphatic carbocycles. The Kier molecular flexibility index (Phi) is 14.6. The second kappa shape index (κ2) is 14.5. The van der Waals surface area contributed by atoms with Crippen molar-refractivity contribution in [2.75, 3.05) is 40.1 Å². The molecule has 0 amide bonds. The summed E-state index contributed by atoms with van der Waals surface area (Å²) in [5.41, 5.74) is -2.09. The number of phosphoric acid groups is 3. The van der Waals surface area contributed by atoms with Gasteiger partial charge in [-0.3, -0.25) is 27.1 Å². The van der Waals surface area contributed by atoms with E-state index in [1.165, 1.54) is 6.92 Å². The Bertz CT molecular complexity index is 720. The molecule has 0 aromatic heterocycles. The summed E-state index contributed by atoms with van der Waals surface area (Å²) in [4.78, 5) is 29.8. The predicted octanol–water partition coefficient (Wildman–Crippen LogP) is 5.68. The molecule has 3 unspecified atom stereocenters. The Morgan fingerprint density at radius 3 is 0.971 bits per heavy atom. The smallest absolute Gasteiger partial charge is 0.303 e. The first-order chi connectivity index (χ1) is 15.8. The van der Waals surface area contributed by atoms with E-state index in [-0.39, 0.29) is 24.0 Å². The molecule has 0 aromatic carbocycles. The zero-order chi connectivity index (χ0) is 27.6. The van der Waals surface area contributed by atoms with Crippen molar-refractivity contribution in [2.45, 2.75) is 74.1 Å². The Morgan fingerprint density at radius 2 is 0.743 bits per heavy atom. The van der Waals surface area contributed by atoms with Gasteiger partial charge in [-0.15, -0.1) is 0 Å². The molecule has 0 fully saturated rings. The van der Waals surface area contributed by atoms with Gasteiger partial charge in [-0.05, 0) is 36.5 Å². The van der Waals surface area contributed by atoms with Crippen molar-refractivity contribution >= 4 is 23.5 Å². The molecular formula is C20H45O12P3. The fourth-order valence-electron chi connectivity index (χ4n) is 2.35. The maximum absolute atomic E-state index is 12.4. The van der Waals surface area contributed by atoms with Gasteiger partial charge in [0.1, 0.15) is 0 Å². The molecule has 212 valence electrons. The van der Waals surface area contributed by atoms with Crippen LogP contribution in [0.4, 0.5) is 0 Å². The van der Waals surface area contributed by atoms with Gasteiger partial charge in [-0.1, -0.05) is 48.5 Å². The Hall–Kier alpha value is 0.330. The maximum Gasteiger partial charge on any atom is 0.472 e. The van der Waals surface area contributed by atoms with Crippen molar-refractivity contribution in [3.8, 4) is 0 Å². The van der Waals surface area contributed by atoms with Gasteiger partial charge >= 0.3 is 23.5 Å². The van der Waals surface area contributed by atoms with E-state index in [1.54, 1.807) is 0 Å². The molecule has 0 aliphatic heterocycles. The standard InChI is InChI=1S/C20H45O12P3/c1-9-18(5,10-2)13-29-34(23,24)31-16-20(7,15-28-33(21,22)27-8)17-32-35(25,26)30-14-19(6,11-3)12-4/h9-17H2,1-8H3,(H,21,22)(H,23,24)(H,25,26). The van der Waals surface area contributed by atoms with Crippen molar-refractivity contribution < 1.29 is 55.5 Å². The minimum absolute atomic E-state index is 0.0275. The summed E-state index contributed by atoms with van der Waals surface area (Å²) < 4.78 is 66.4. The molecule has 0 aliphatic rings. The van der Waals surface area contributed by atoms with Gasteiger partial charge in [0.05, 0.1) is 33.0 Å². The van der Waals surface area contributed by atoms with Gasteiger partial charge in [0.2, 0.25) is 0 Å². The van der Waals surface area contributed by atoms with E-state index in [0.717, 1.165) is 7.11 Å². The molecule has 15 heteroatoms. The van der Waals surface area contributed by atoms with E-state index in [0.29, 0.717) is 25.7 Å². The SMILES string of the molecule is CCC(C)(CC)COP(=O)(O)OCC(C)(COP(=O)(O)OC)COP(=O)(O)OCC(C)(CC)CC. The average molecular weight is 570 g/mol. The number of hydrogen-bond donors (Lipinski definition) is 3. The summed E-state index contributed by atoms with van der Waals surface area (Å²) in [6, 6.07) is 0. The molecule has 3 atom stereocenters. The van der Waals surface area contributed by atoms with Gasteiger partial charge in [0.25, 0.3) is 0 Å². The molecule has 3 N–H and O–H groups in total. The molecule has 12 nitrogen and oxygen atoms in total. The molecule has 0 saturated carbocycles. The topological polar surface area (TPSA) is 167 Å². The Balaban J connectivity index is 5.36. The minimum Gasteiger partial charge on any atom is -0.303 e. The van der Waals surface area contributed by atoms with Crippen LogP contribution in [-0.2, 0) is 40.8 Å². The van der Waals surface area contributed by atoms with E-state index in [9.17, 15) is 28.4 Å². The quantitative estimate of drug-likeness (QED) is 0.154. The summed E-state index contributed by atoms with van der Waals surface area (Å²) in [6.45, 7) is 11.2. The molecule has 0 saturated heterocycles. The highest BCUT2D eigenvalue weighted by Crippen LogP contribution is 2.51. The zero-order valence-corrected chi connectivity index (χ0v) is 24.9. The second-order valence-electron chi connectivity index (χ2n) is 9.80. The summed E-state index contributed by atoms with van der Waals surface area (Å²) in [6.07, 6.45) is 2.86. The molecule has 35 heavy (non-hydrogen) atoms. The van der Waals surface area contributed by atoms with Crippen molar-refractivity contribution in [2.24, 2.45) is 16.2 Å². The first kappa shape index (κ1) is 35.3. The molecule has 0 spiro atoms. The first-order valence-corrected chi connectivity index (χ1v) is 16.1. The predicted molar refractivity (Wildman–Crippen MR) is 132 cm³/mol. The third kappa shape index (κ3) is 14.2. The molecule has 0 heterocycles. The van der Waals surface area contributed by atoms with E-state index in [2.05, 4.69) is 4.52 Å². The minimum atomic E-state index is -4.53. The third-order valence-corrected chi connectivity index (χ3v) is 9.26. The van der Waals surface area contributed by atoms with E-state index in [4.69, 9.17) is 22.6 Å². The summed E-state index contributed by atoms with van der Waals surface area (Å²) >= 11 is 0. The summed E-state index contributed by atoms with van der Waals surface area (Å²) in [7, 11) is -12.5. The lowest BCUT2D eigenvalue weighted by molar-refractivity contribution is 0.000451. The zero-order valence-electron chi connectivity index (χ0n) is 22.2. The van der Waals surface area contributed by atoms with Crippen molar-refractivity contribution in [3.63, 3.8) is 0 Å². The number of phosphoric ester groups is 3. The van der Waals surface area contributed by atoms with E-state index >= 15 is 0 Å². The van der Waals surface area contributed by atoms with Crippen LogP contribution in [0.5, 0.6) is 0 Å². The second-order valence-corrected chi connectivity index (χ2v) is 14.3. The average Bonchev–Trinajstić information content (AvgIpc) is 2.83. The van der Waals surface area contributed by atoms with Gasteiger partial charge < -0.3 is 14.7 Å². The normalized spacial score (nSPS) is 20.0. The lowest BCUT2D eigenvalue weighted by atomic mass is 9.86. The molecular weight excluding hydrogens is 525 g/mol. The van der Waals surface area contributed by atoms with Crippen LogP contribution in [0.2, 0.25) is 0 Å². The summed E-state index contributed by atoms with van der Waals surface area (Å²) in [5, 5.41) is 0. The molecule has 0 bridgehead atoms. The molecule has 0 aromatic rings. The number of rotatable bonds is 20. The monoisotopic (exact) mass is 570 g/mol. The van der Waals surface area contributed by atoms with Gasteiger partial charge in [-0.25, -0.2) is 13.7 Å². The van der Waals surface area contributed by atoms with Crippen molar-refractivity contribution in [1.29, 1.82) is 0 Å². The highest BCUT2D eigenvalue weighted by Gasteiger charge is 2.38. The lowest BCUT2D eigenvalue weighted by Crippen LogP contribution is -2.34. The van der Waals surface area contributed by atoms with Crippen LogP contribution >= 0.6 is 23.5 Å². The third-order valence-electron chi connectivity index (χ3n) is 6.53. The van der Waals surface area contributed by atoms with Gasteiger partial charge in [0.15, 0.2) is 0 Å². The highest BCUT2D eigenvalue weighted by molar-refractivity contribution is 7.47. The van der Waals surface area contributed by atoms with Crippen LogP contribution in [0.15, 0.2) is 0 Å². The maximum atomic E-state index is 12.4. The Labute approximate surface area is 209 Å². The molecule has 0 radical (unpaired) electrons. The summed E-state index contributed by atoms with van der Waals surface area (Å²) in [5.74, 6) is 0. The highest BCUT2D eigenvalue weighted by atomic mass is 31.2. The van der Waals surface area contributed by atoms with Crippen LogP contribution in [-0.4, -0.2) is 54.8 Å². The fraction of sp³-hybridized carbons (Fsp3) is 1.00. The van der Waals surface area contributed by atoms with E-state index in [1.807, 2.05) is 41.5 Å². The van der Waals surface area contributed by atoms with Crippen molar-refractivity contribution in [1.82, 2.24) is 0 Å². The van der Waals surface area contributed by atoms with Crippen LogP contribution < -0.4 is 0 Å².